The number of rotatable bonds is 2. The summed E-state index contributed by atoms with van der Waals surface area (Å²) in [6, 6.07) is 2.65. The van der Waals surface area contributed by atoms with Crippen LogP contribution in [0.1, 0.15) is 48.3 Å². The third kappa shape index (κ3) is 3.59. The number of hydrogen-bond acceptors (Lipinski definition) is 6. The molecular formula is C18H24N4O5. The summed E-state index contributed by atoms with van der Waals surface area (Å²) in [6.45, 7) is 7.27. The summed E-state index contributed by atoms with van der Waals surface area (Å²) in [5.41, 5.74) is 0.649. The molecule has 0 saturated carbocycles. The Labute approximate surface area is 157 Å². The average molecular weight is 376 g/mol. The molecule has 146 valence electrons. The topological polar surface area (TPSA) is 105 Å². The molecule has 27 heavy (non-hydrogen) atoms. The van der Waals surface area contributed by atoms with Crippen LogP contribution in [0.5, 0.6) is 0 Å². The maximum atomic E-state index is 12.7. The fraction of sp³-hybridized carbons (Fsp3) is 0.556. The van der Waals surface area contributed by atoms with E-state index in [1.54, 1.807) is 38.8 Å². The van der Waals surface area contributed by atoms with Crippen molar-refractivity contribution in [2.75, 3.05) is 26.7 Å². The summed E-state index contributed by atoms with van der Waals surface area (Å²) in [5.74, 6) is -0.369. The maximum absolute atomic E-state index is 12.7. The quantitative estimate of drug-likeness (QED) is 0.626. The zero-order valence-electron chi connectivity index (χ0n) is 15.9. The van der Waals surface area contributed by atoms with Crippen molar-refractivity contribution >= 4 is 17.7 Å². The van der Waals surface area contributed by atoms with E-state index in [1.165, 1.54) is 11.0 Å². The second kappa shape index (κ2) is 6.80. The number of piperazine rings is 1. The average Bonchev–Trinajstić information content (AvgIpc) is 2.88. The van der Waals surface area contributed by atoms with Crippen LogP contribution in [0.3, 0.4) is 0 Å². The first-order chi connectivity index (χ1) is 12.6. The number of fused-ring (bicyclic) bond motifs is 1. The summed E-state index contributed by atoms with van der Waals surface area (Å²) in [5, 5.41) is 14.6. The summed E-state index contributed by atoms with van der Waals surface area (Å²) in [6.07, 6.45) is -0.432. The van der Waals surface area contributed by atoms with E-state index in [0.29, 0.717) is 25.2 Å². The van der Waals surface area contributed by atoms with Gasteiger partial charge in [0, 0.05) is 39.3 Å². The molecule has 9 heteroatoms. The molecule has 0 aliphatic carbocycles. The van der Waals surface area contributed by atoms with Crippen molar-refractivity contribution in [3.63, 3.8) is 0 Å². The van der Waals surface area contributed by atoms with E-state index in [2.05, 4.69) is 5.32 Å². The zero-order valence-corrected chi connectivity index (χ0v) is 15.9. The number of hydrogen-bond donors (Lipinski definition) is 1. The molecule has 2 amide bonds. The number of ether oxygens (including phenoxy) is 1. The van der Waals surface area contributed by atoms with Crippen LogP contribution in [0.15, 0.2) is 12.1 Å². The summed E-state index contributed by atoms with van der Waals surface area (Å²) >= 11 is 0. The van der Waals surface area contributed by atoms with Crippen molar-refractivity contribution in [1.82, 2.24) is 15.1 Å². The Kier molecular flexibility index (Phi) is 4.81. The smallest absolute Gasteiger partial charge is 0.410 e. The van der Waals surface area contributed by atoms with Crippen LogP contribution in [0, 0.1) is 10.1 Å². The van der Waals surface area contributed by atoms with Gasteiger partial charge in [-0.15, -0.1) is 0 Å². The van der Waals surface area contributed by atoms with Gasteiger partial charge in [0.05, 0.1) is 11.0 Å². The molecule has 1 saturated heterocycles. The lowest BCUT2D eigenvalue weighted by Crippen LogP contribution is -2.50. The van der Waals surface area contributed by atoms with Crippen molar-refractivity contribution in [2.45, 2.75) is 39.0 Å². The molecule has 0 bridgehead atoms. The Morgan fingerprint density at radius 2 is 2.07 bits per heavy atom. The van der Waals surface area contributed by atoms with Gasteiger partial charge in [0.1, 0.15) is 11.2 Å². The monoisotopic (exact) mass is 376 g/mol. The molecule has 1 atom stereocenters. The number of amides is 2. The van der Waals surface area contributed by atoms with Gasteiger partial charge in [-0.1, -0.05) is 0 Å². The van der Waals surface area contributed by atoms with Gasteiger partial charge in [-0.3, -0.25) is 19.8 Å². The molecule has 9 nitrogen and oxygen atoms in total. The molecule has 0 spiro atoms. The lowest BCUT2D eigenvalue weighted by molar-refractivity contribution is -0.385. The number of nitro benzene ring substituents is 1. The van der Waals surface area contributed by atoms with Gasteiger partial charge < -0.3 is 15.0 Å². The van der Waals surface area contributed by atoms with Gasteiger partial charge in [-0.25, -0.2) is 4.79 Å². The molecule has 2 heterocycles. The van der Waals surface area contributed by atoms with Crippen molar-refractivity contribution in [3.05, 3.63) is 38.9 Å². The normalized spacial score (nSPS) is 19.9. The van der Waals surface area contributed by atoms with Gasteiger partial charge in [-0.05, 0) is 38.0 Å². The molecule has 1 aromatic carbocycles. The summed E-state index contributed by atoms with van der Waals surface area (Å²) in [7, 11) is 1.61. The second-order valence-electron chi connectivity index (χ2n) is 7.84. The minimum atomic E-state index is -0.625. The minimum Gasteiger partial charge on any atom is -0.444 e. The first-order valence-electron chi connectivity index (χ1n) is 8.86. The Balaban J connectivity index is 2.03. The Morgan fingerprint density at radius 1 is 1.37 bits per heavy atom. The molecule has 2 aliphatic rings. The third-order valence-electron chi connectivity index (χ3n) is 4.71. The fourth-order valence-electron chi connectivity index (χ4n) is 3.55. The highest BCUT2D eigenvalue weighted by molar-refractivity contribution is 6.02. The number of carbonyl (C=O) groups excluding carboxylic acids is 2. The van der Waals surface area contributed by atoms with Crippen molar-refractivity contribution in [1.29, 1.82) is 0 Å². The number of nitrogens with one attached hydrogen (secondary N) is 1. The van der Waals surface area contributed by atoms with E-state index in [1.807, 2.05) is 0 Å². The van der Waals surface area contributed by atoms with Crippen molar-refractivity contribution in [2.24, 2.45) is 0 Å². The first kappa shape index (κ1) is 19.1. The van der Waals surface area contributed by atoms with E-state index in [-0.39, 0.29) is 29.7 Å². The first-order valence-corrected chi connectivity index (χ1v) is 8.86. The molecule has 1 unspecified atom stereocenters. The van der Waals surface area contributed by atoms with E-state index in [4.69, 9.17) is 4.74 Å². The lowest BCUT2D eigenvalue weighted by atomic mass is 9.94. The van der Waals surface area contributed by atoms with E-state index in [9.17, 15) is 19.7 Å². The Morgan fingerprint density at radius 3 is 2.70 bits per heavy atom. The number of benzene rings is 1. The lowest BCUT2D eigenvalue weighted by Gasteiger charge is -2.38. The third-order valence-corrected chi connectivity index (χ3v) is 4.71. The van der Waals surface area contributed by atoms with E-state index < -0.39 is 16.6 Å². The standard InChI is InChI=1S/C18H24N4O5/c1-18(2,3)27-17(24)21-8-7-19-9-14(21)11-5-6-13(22(25)26)15-12(11)10-20(4)16(15)23/h5-6,14,19H,7-10H2,1-4H3. The highest BCUT2D eigenvalue weighted by atomic mass is 16.6. The molecule has 1 aromatic rings. The van der Waals surface area contributed by atoms with Gasteiger partial charge >= 0.3 is 6.09 Å². The number of nitro groups is 1. The second-order valence-corrected chi connectivity index (χ2v) is 7.84. The van der Waals surface area contributed by atoms with Crippen LogP contribution in [-0.4, -0.2) is 59.0 Å². The van der Waals surface area contributed by atoms with Gasteiger partial charge in [0.2, 0.25) is 0 Å². The molecule has 1 N–H and O–H groups in total. The molecule has 1 fully saturated rings. The van der Waals surface area contributed by atoms with E-state index in [0.717, 1.165) is 5.56 Å². The van der Waals surface area contributed by atoms with Gasteiger partial charge in [-0.2, -0.15) is 0 Å². The van der Waals surface area contributed by atoms with Crippen LogP contribution in [-0.2, 0) is 11.3 Å². The minimum absolute atomic E-state index is 0.120. The predicted octanol–water partition coefficient (Wildman–Crippen LogP) is 2.06. The molecule has 0 radical (unpaired) electrons. The Hall–Kier alpha value is -2.68. The highest BCUT2D eigenvalue weighted by Gasteiger charge is 2.39. The fourth-order valence-corrected chi connectivity index (χ4v) is 3.55. The molecule has 3 rings (SSSR count). The van der Waals surface area contributed by atoms with Crippen LogP contribution in [0.4, 0.5) is 10.5 Å². The van der Waals surface area contributed by atoms with Crippen LogP contribution < -0.4 is 5.32 Å². The van der Waals surface area contributed by atoms with Gasteiger partial charge in [0.15, 0.2) is 0 Å². The number of carbonyl (C=O) groups is 2. The summed E-state index contributed by atoms with van der Waals surface area (Å²) < 4.78 is 5.53. The van der Waals surface area contributed by atoms with E-state index >= 15 is 0 Å². The number of nitrogens with zero attached hydrogens (tertiary/aromatic N) is 3. The molecule has 2 aliphatic heterocycles. The molecule has 0 aromatic heterocycles. The SMILES string of the molecule is CN1Cc2c(C3CNCCN3C(=O)OC(C)(C)C)ccc([N+](=O)[O-])c2C1=O. The van der Waals surface area contributed by atoms with Crippen molar-refractivity contribution < 1.29 is 19.2 Å². The van der Waals surface area contributed by atoms with Crippen LogP contribution in [0.2, 0.25) is 0 Å². The predicted molar refractivity (Wildman–Crippen MR) is 97.4 cm³/mol. The van der Waals surface area contributed by atoms with Crippen LogP contribution in [0.25, 0.3) is 0 Å². The maximum Gasteiger partial charge on any atom is 0.410 e. The van der Waals surface area contributed by atoms with Gasteiger partial charge in [0.25, 0.3) is 11.6 Å². The van der Waals surface area contributed by atoms with Crippen LogP contribution >= 0.6 is 0 Å². The van der Waals surface area contributed by atoms with Crippen molar-refractivity contribution in [3.8, 4) is 0 Å². The summed E-state index contributed by atoms with van der Waals surface area (Å²) in [4.78, 5) is 39.1. The zero-order chi connectivity index (χ0) is 19.9. The molecular weight excluding hydrogens is 352 g/mol. The largest absolute Gasteiger partial charge is 0.444 e. The highest BCUT2D eigenvalue weighted by Crippen LogP contribution is 2.37. The Bertz CT molecular complexity index is 802.